The number of hydrogen-bond acceptors (Lipinski definition) is 6. The molecule has 2 aromatic heterocycles. The number of amides is 1. The van der Waals surface area contributed by atoms with E-state index in [-0.39, 0.29) is 22.9 Å². The summed E-state index contributed by atoms with van der Waals surface area (Å²) in [6, 6.07) is 2.67. The molecule has 3 saturated heterocycles. The first-order chi connectivity index (χ1) is 20.1. The normalized spacial score (nSPS) is 22.9. The van der Waals surface area contributed by atoms with Crippen LogP contribution in [0.5, 0.6) is 0 Å². The summed E-state index contributed by atoms with van der Waals surface area (Å²) in [5, 5.41) is 14.8. The molecule has 224 valence electrons. The zero-order valence-electron chi connectivity index (χ0n) is 24.6. The average Bonchev–Trinajstić information content (AvgIpc) is 3.52. The number of benzene rings is 1. The Balaban J connectivity index is 1.26. The minimum atomic E-state index is -0.155. The standard InChI is InChI=1S/C31H39Cl2N7O2/c1-5-25(41)38-17-31(18-38)13-21(14-31)40-19(2)26(27-22-15-34-35-24(22)12-23(32)28(27)33)29(36-40)39-9-8-37(16-30(39,3)4)20-6-10-42-11-7-20/h5,12,15,20-21H,1,6-11,13-14,16-18H2,2-4H3,(H,34,35). The number of likely N-dealkylation sites (tertiary alicyclic amines) is 1. The maximum atomic E-state index is 12.1. The third-order valence-electron chi connectivity index (χ3n) is 10.1. The van der Waals surface area contributed by atoms with E-state index >= 15 is 0 Å². The molecular weight excluding hydrogens is 573 g/mol. The molecule has 5 heterocycles. The molecular formula is C31H39Cl2N7O2. The number of aromatic nitrogens is 4. The highest BCUT2D eigenvalue weighted by Gasteiger charge is 2.54. The molecule has 0 atom stereocenters. The first-order valence-electron chi connectivity index (χ1n) is 15.0. The van der Waals surface area contributed by atoms with Crippen molar-refractivity contribution in [1.29, 1.82) is 0 Å². The Morgan fingerprint density at radius 3 is 2.55 bits per heavy atom. The number of fused-ring (bicyclic) bond motifs is 1. The summed E-state index contributed by atoms with van der Waals surface area (Å²) in [5.74, 6) is 0.972. The Labute approximate surface area is 256 Å². The maximum absolute atomic E-state index is 12.1. The van der Waals surface area contributed by atoms with Gasteiger partial charge in [0.15, 0.2) is 5.82 Å². The molecule has 4 aliphatic rings. The highest BCUT2D eigenvalue weighted by atomic mass is 35.5. The summed E-state index contributed by atoms with van der Waals surface area (Å²) in [6.45, 7) is 16.5. The summed E-state index contributed by atoms with van der Waals surface area (Å²) in [7, 11) is 0. The lowest BCUT2D eigenvalue weighted by atomic mass is 9.60. The van der Waals surface area contributed by atoms with Crippen molar-refractivity contribution in [3.8, 4) is 11.1 Å². The van der Waals surface area contributed by atoms with Crippen molar-refractivity contribution in [3.63, 3.8) is 0 Å². The quantitative estimate of drug-likeness (QED) is 0.385. The van der Waals surface area contributed by atoms with Gasteiger partial charge in [-0.1, -0.05) is 29.8 Å². The predicted octanol–water partition coefficient (Wildman–Crippen LogP) is 5.47. The van der Waals surface area contributed by atoms with E-state index in [1.807, 2.05) is 17.2 Å². The number of ether oxygens (including phenoxy) is 1. The van der Waals surface area contributed by atoms with Crippen LogP contribution < -0.4 is 4.90 Å². The third kappa shape index (κ3) is 4.46. The van der Waals surface area contributed by atoms with E-state index in [4.69, 9.17) is 33.0 Å². The number of piperazine rings is 1. The monoisotopic (exact) mass is 611 g/mol. The van der Waals surface area contributed by atoms with Gasteiger partial charge in [0.1, 0.15) is 0 Å². The molecule has 1 spiro atoms. The highest BCUT2D eigenvalue weighted by Crippen LogP contribution is 2.56. The molecule has 1 saturated carbocycles. The van der Waals surface area contributed by atoms with Crippen LogP contribution in [0.3, 0.4) is 0 Å². The second-order valence-electron chi connectivity index (χ2n) is 13.3. The summed E-state index contributed by atoms with van der Waals surface area (Å²) in [6.07, 6.45) is 7.42. The van der Waals surface area contributed by atoms with Gasteiger partial charge in [-0.2, -0.15) is 10.2 Å². The van der Waals surface area contributed by atoms with Crippen molar-refractivity contribution in [2.24, 2.45) is 5.41 Å². The smallest absolute Gasteiger partial charge is 0.245 e. The summed E-state index contributed by atoms with van der Waals surface area (Å²) in [4.78, 5) is 19.1. The number of aromatic amines is 1. The molecule has 1 aliphatic carbocycles. The highest BCUT2D eigenvalue weighted by molar-refractivity contribution is 6.45. The number of carbonyl (C=O) groups excluding carboxylic acids is 1. The lowest BCUT2D eigenvalue weighted by molar-refractivity contribution is -0.149. The average molecular weight is 613 g/mol. The Morgan fingerprint density at radius 2 is 1.86 bits per heavy atom. The number of H-pyrrole nitrogens is 1. The molecule has 1 amide bonds. The molecule has 7 rings (SSSR count). The van der Waals surface area contributed by atoms with E-state index in [0.717, 1.165) is 105 Å². The van der Waals surface area contributed by atoms with Crippen LogP contribution in [0, 0.1) is 12.3 Å². The summed E-state index contributed by atoms with van der Waals surface area (Å²) in [5.41, 5.74) is 3.87. The van der Waals surface area contributed by atoms with Crippen LogP contribution in [0.1, 0.15) is 51.3 Å². The van der Waals surface area contributed by atoms with Gasteiger partial charge in [0.25, 0.3) is 0 Å². The van der Waals surface area contributed by atoms with E-state index in [0.29, 0.717) is 16.1 Å². The van der Waals surface area contributed by atoms with Gasteiger partial charge in [-0.05, 0) is 58.6 Å². The fourth-order valence-electron chi connectivity index (χ4n) is 7.98. The van der Waals surface area contributed by atoms with Gasteiger partial charge in [-0.3, -0.25) is 19.5 Å². The molecule has 9 nitrogen and oxygen atoms in total. The Kier molecular flexibility index (Phi) is 6.88. The number of anilines is 1. The Hall–Kier alpha value is -2.59. The zero-order valence-corrected chi connectivity index (χ0v) is 26.1. The molecule has 1 aromatic carbocycles. The van der Waals surface area contributed by atoms with Crippen molar-refractivity contribution in [2.45, 2.75) is 64.1 Å². The Morgan fingerprint density at radius 1 is 1.12 bits per heavy atom. The fourth-order valence-corrected chi connectivity index (χ4v) is 8.44. The number of hydrogen-bond donors (Lipinski definition) is 1. The zero-order chi connectivity index (χ0) is 29.4. The molecule has 11 heteroatoms. The first kappa shape index (κ1) is 28.2. The summed E-state index contributed by atoms with van der Waals surface area (Å²) < 4.78 is 7.87. The number of halogens is 2. The van der Waals surface area contributed by atoms with Crippen molar-refractivity contribution in [2.75, 3.05) is 50.8 Å². The lowest BCUT2D eigenvalue weighted by Gasteiger charge is -2.58. The van der Waals surface area contributed by atoms with Gasteiger partial charge in [-0.15, -0.1) is 0 Å². The van der Waals surface area contributed by atoms with Crippen LogP contribution in [-0.2, 0) is 9.53 Å². The van der Waals surface area contributed by atoms with Gasteiger partial charge in [0.05, 0.1) is 27.8 Å². The van der Waals surface area contributed by atoms with E-state index in [9.17, 15) is 4.79 Å². The van der Waals surface area contributed by atoms with Crippen molar-refractivity contribution in [1.82, 2.24) is 29.8 Å². The van der Waals surface area contributed by atoms with Gasteiger partial charge in [0, 0.05) is 85.1 Å². The van der Waals surface area contributed by atoms with Gasteiger partial charge >= 0.3 is 0 Å². The van der Waals surface area contributed by atoms with Crippen LogP contribution in [0.2, 0.25) is 10.0 Å². The number of nitrogens with one attached hydrogen (secondary N) is 1. The van der Waals surface area contributed by atoms with Crippen LogP contribution in [0.15, 0.2) is 24.9 Å². The van der Waals surface area contributed by atoms with Crippen LogP contribution in [0.25, 0.3) is 22.0 Å². The molecule has 3 aromatic rings. The van der Waals surface area contributed by atoms with E-state index in [1.165, 1.54) is 6.08 Å². The second kappa shape index (κ2) is 10.3. The topological polar surface area (TPSA) is 82.5 Å². The van der Waals surface area contributed by atoms with Crippen molar-refractivity contribution in [3.05, 3.63) is 40.7 Å². The number of nitrogens with zero attached hydrogens (tertiary/aromatic N) is 6. The third-order valence-corrected chi connectivity index (χ3v) is 10.9. The van der Waals surface area contributed by atoms with Gasteiger partial charge in [-0.25, -0.2) is 0 Å². The molecule has 4 fully saturated rings. The number of carbonyl (C=O) groups is 1. The lowest BCUT2D eigenvalue weighted by Crippen LogP contribution is -2.63. The molecule has 1 N–H and O–H groups in total. The maximum Gasteiger partial charge on any atom is 0.245 e. The SMILES string of the molecule is C=CC(=O)N1CC2(CC(n3nc(N4CCN(C5CCOCC5)CC4(C)C)c(-c4c(Cl)c(Cl)cc5[nH]ncc45)c3C)C2)C1. The van der Waals surface area contributed by atoms with Gasteiger partial charge < -0.3 is 14.5 Å². The molecule has 0 bridgehead atoms. The van der Waals surface area contributed by atoms with E-state index in [2.05, 4.69) is 52.0 Å². The molecule has 42 heavy (non-hydrogen) atoms. The fraction of sp³-hybridized carbons (Fsp3) is 0.581. The van der Waals surface area contributed by atoms with Crippen molar-refractivity contribution >= 4 is 45.8 Å². The van der Waals surface area contributed by atoms with Crippen molar-refractivity contribution < 1.29 is 9.53 Å². The minimum Gasteiger partial charge on any atom is -0.381 e. The molecule has 0 radical (unpaired) electrons. The van der Waals surface area contributed by atoms with Crippen LogP contribution >= 0.6 is 23.2 Å². The van der Waals surface area contributed by atoms with Gasteiger partial charge in [0.2, 0.25) is 5.91 Å². The predicted molar refractivity (Wildman–Crippen MR) is 166 cm³/mol. The van der Waals surface area contributed by atoms with E-state index in [1.54, 1.807) is 0 Å². The summed E-state index contributed by atoms with van der Waals surface area (Å²) >= 11 is 13.7. The largest absolute Gasteiger partial charge is 0.381 e. The minimum absolute atomic E-state index is 0.0192. The van der Waals surface area contributed by atoms with Crippen LogP contribution in [-0.4, -0.2) is 93.2 Å². The molecule has 0 unspecified atom stereocenters. The second-order valence-corrected chi connectivity index (χ2v) is 14.1. The Bertz CT molecular complexity index is 1540. The molecule has 3 aliphatic heterocycles. The first-order valence-corrected chi connectivity index (χ1v) is 15.8. The van der Waals surface area contributed by atoms with Crippen LogP contribution in [0.4, 0.5) is 5.82 Å². The number of rotatable bonds is 5. The van der Waals surface area contributed by atoms with E-state index < -0.39 is 0 Å².